The van der Waals surface area contributed by atoms with Crippen LogP contribution in [0.25, 0.3) is 22.5 Å². The van der Waals surface area contributed by atoms with Crippen LogP contribution in [0.5, 0.6) is 0 Å². The third-order valence-corrected chi connectivity index (χ3v) is 4.76. The van der Waals surface area contributed by atoms with Crippen molar-refractivity contribution in [2.45, 2.75) is 0 Å². The molecule has 4 aromatic rings. The summed E-state index contributed by atoms with van der Waals surface area (Å²) >= 11 is 0. The number of para-hydroxylation sites is 1. The molecular weight excluding hydrogens is 380 g/mol. The Bertz CT molecular complexity index is 1190. The van der Waals surface area contributed by atoms with Gasteiger partial charge in [0.1, 0.15) is 0 Å². The van der Waals surface area contributed by atoms with Gasteiger partial charge in [0.05, 0.1) is 11.1 Å². The molecule has 0 radical (unpaired) electrons. The van der Waals surface area contributed by atoms with E-state index in [1.807, 2.05) is 71.6 Å². The second kappa shape index (κ2) is 7.97. The number of carboxylic acids is 2. The Balaban J connectivity index is 1.63. The van der Waals surface area contributed by atoms with Crippen molar-refractivity contribution in [3.05, 3.63) is 109 Å². The fourth-order valence-corrected chi connectivity index (χ4v) is 3.19. The van der Waals surface area contributed by atoms with Crippen molar-refractivity contribution < 1.29 is 28.9 Å². The molecule has 0 bridgehead atoms. The molecule has 0 amide bonds. The molecule has 0 aliphatic heterocycles. The van der Waals surface area contributed by atoms with E-state index in [9.17, 15) is 19.8 Å². The van der Waals surface area contributed by atoms with Crippen molar-refractivity contribution in [1.82, 2.24) is 0 Å². The van der Waals surface area contributed by atoms with Gasteiger partial charge in [-0.3, -0.25) is 0 Å². The molecule has 2 heterocycles. The van der Waals surface area contributed by atoms with Crippen LogP contribution in [0.15, 0.2) is 97.6 Å². The molecule has 2 aromatic carbocycles. The standard InChI is InChI=1S/C24H16N2O4/c27-23(28)19-14-20(24(29)30)16-22(15-19)26-12-8-18(9-13-26)17-6-10-25(11-7-17)21-4-2-1-3-5-21/h1-16H/p+2. The number of pyridine rings is 2. The molecule has 6 nitrogen and oxygen atoms in total. The van der Waals surface area contributed by atoms with E-state index >= 15 is 0 Å². The summed E-state index contributed by atoms with van der Waals surface area (Å²) in [5.41, 5.74) is 3.40. The predicted molar refractivity (Wildman–Crippen MR) is 109 cm³/mol. The van der Waals surface area contributed by atoms with Crippen LogP contribution in [0.1, 0.15) is 20.7 Å². The molecular formula is C24H18N2O4+2. The van der Waals surface area contributed by atoms with Gasteiger partial charge in [-0.25, -0.2) is 9.59 Å². The summed E-state index contributed by atoms with van der Waals surface area (Å²) in [6, 6.07) is 21.9. The summed E-state index contributed by atoms with van der Waals surface area (Å²) in [5.74, 6) is -2.35. The number of carboxylic acid groups (broad SMARTS) is 2. The molecule has 2 N–H and O–H groups in total. The van der Waals surface area contributed by atoms with E-state index in [1.165, 1.54) is 12.1 Å². The number of aromatic carboxylic acids is 2. The number of hydrogen-bond donors (Lipinski definition) is 2. The van der Waals surface area contributed by atoms with Gasteiger partial charge >= 0.3 is 11.9 Å². The van der Waals surface area contributed by atoms with Crippen molar-refractivity contribution >= 4 is 11.9 Å². The largest absolute Gasteiger partial charge is 0.478 e. The Kier molecular flexibility index (Phi) is 5.05. The lowest BCUT2D eigenvalue weighted by Crippen LogP contribution is -2.30. The highest BCUT2D eigenvalue weighted by molar-refractivity contribution is 5.94. The fourth-order valence-electron chi connectivity index (χ4n) is 3.19. The van der Waals surface area contributed by atoms with Crippen LogP contribution >= 0.6 is 0 Å². The summed E-state index contributed by atoms with van der Waals surface area (Å²) in [7, 11) is 0. The summed E-state index contributed by atoms with van der Waals surface area (Å²) in [6.07, 6.45) is 7.53. The van der Waals surface area contributed by atoms with Crippen LogP contribution in [-0.2, 0) is 0 Å². The first kappa shape index (κ1) is 19.0. The zero-order valence-corrected chi connectivity index (χ0v) is 15.8. The predicted octanol–water partition coefficient (Wildman–Crippen LogP) is 3.30. The summed E-state index contributed by atoms with van der Waals surface area (Å²) in [6.45, 7) is 0. The van der Waals surface area contributed by atoms with Gasteiger partial charge < -0.3 is 10.2 Å². The monoisotopic (exact) mass is 398 g/mol. The molecule has 0 spiro atoms. The van der Waals surface area contributed by atoms with Crippen LogP contribution in [0.4, 0.5) is 0 Å². The van der Waals surface area contributed by atoms with Crippen LogP contribution in [-0.4, -0.2) is 22.2 Å². The van der Waals surface area contributed by atoms with Gasteiger partial charge in [0, 0.05) is 48.5 Å². The number of carbonyl (C=O) groups is 2. The Morgan fingerprint density at radius 1 is 0.567 bits per heavy atom. The SMILES string of the molecule is O=C(O)c1cc(C(=O)O)cc(-[n+]2ccc(-c3cc[n+](-c4ccccc4)cc3)cc2)c1. The smallest absolute Gasteiger partial charge is 0.335 e. The summed E-state index contributed by atoms with van der Waals surface area (Å²) < 4.78 is 3.72. The van der Waals surface area contributed by atoms with Gasteiger partial charge in [-0.2, -0.15) is 9.13 Å². The highest BCUT2D eigenvalue weighted by atomic mass is 16.4. The maximum Gasteiger partial charge on any atom is 0.335 e. The van der Waals surface area contributed by atoms with Gasteiger partial charge in [-0.05, 0) is 17.2 Å². The first-order chi connectivity index (χ1) is 14.5. The average Bonchev–Trinajstić information content (AvgIpc) is 2.79. The molecule has 4 rings (SSSR count). The third-order valence-electron chi connectivity index (χ3n) is 4.76. The minimum absolute atomic E-state index is 0.0741. The van der Waals surface area contributed by atoms with E-state index in [0.29, 0.717) is 5.69 Å². The number of aromatic nitrogens is 2. The Hall–Kier alpha value is -4.32. The molecule has 0 saturated carbocycles. The quantitative estimate of drug-likeness (QED) is 0.506. The van der Waals surface area contributed by atoms with E-state index in [1.54, 1.807) is 17.0 Å². The van der Waals surface area contributed by atoms with Crippen molar-refractivity contribution in [1.29, 1.82) is 0 Å². The molecule has 6 heteroatoms. The maximum atomic E-state index is 11.3. The minimum Gasteiger partial charge on any atom is -0.478 e. The Morgan fingerprint density at radius 3 is 1.43 bits per heavy atom. The second-order valence-corrected chi connectivity index (χ2v) is 6.70. The molecule has 146 valence electrons. The fraction of sp³-hybridized carbons (Fsp3) is 0. The molecule has 30 heavy (non-hydrogen) atoms. The Morgan fingerprint density at radius 2 is 1.00 bits per heavy atom. The number of hydrogen-bond acceptors (Lipinski definition) is 2. The van der Waals surface area contributed by atoms with E-state index in [4.69, 9.17) is 0 Å². The van der Waals surface area contributed by atoms with E-state index < -0.39 is 11.9 Å². The maximum absolute atomic E-state index is 11.3. The highest BCUT2D eigenvalue weighted by Crippen LogP contribution is 2.17. The molecule has 0 unspecified atom stereocenters. The summed E-state index contributed by atoms with van der Waals surface area (Å²) in [4.78, 5) is 22.6. The van der Waals surface area contributed by atoms with Gasteiger partial charge in [0.2, 0.25) is 11.4 Å². The molecule has 0 aliphatic rings. The molecule has 0 aliphatic carbocycles. The van der Waals surface area contributed by atoms with E-state index in [0.717, 1.165) is 22.9 Å². The van der Waals surface area contributed by atoms with Crippen molar-refractivity contribution in [3.8, 4) is 22.5 Å². The van der Waals surface area contributed by atoms with Crippen molar-refractivity contribution in [2.75, 3.05) is 0 Å². The van der Waals surface area contributed by atoms with Crippen LogP contribution in [0.3, 0.4) is 0 Å². The van der Waals surface area contributed by atoms with E-state index in [-0.39, 0.29) is 11.1 Å². The number of rotatable bonds is 5. The van der Waals surface area contributed by atoms with Crippen LogP contribution in [0, 0.1) is 0 Å². The first-order valence-corrected chi connectivity index (χ1v) is 9.22. The first-order valence-electron chi connectivity index (χ1n) is 9.22. The lowest BCUT2D eigenvalue weighted by Gasteiger charge is -2.03. The summed E-state index contributed by atoms with van der Waals surface area (Å²) in [5, 5.41) is 18.5. The molecule has 0 saturated heterocycles. The second-order valence-electron chi connectivity index (χ2n) is 6.70. The molecule has 0 atom stereocenters. The average molecular weight is 398 g/mol. The van der Waals surface area contributed by atoms with Crippen molar-refractivity contribution in [3.63, 3.8) is 0 Å². The number of nitrogens with zero attached hydrogens (tertiary/aromatic N) is 2. The van der Waals surface area contributed by atoms with Gasteiger partial charge in [0.15, 0.2) is 24.8 Å². The topological polar surface area (TPSA) is 82.4 Å². The van der Waals surface area contributed by atoms with Crippen LogP contribution in [0.2, 0.25) is 0 Å². The zero-order valence-electron chi connectivity index (χ0n) is 15.8. The third kappa shape index (κ3) is 3.93. The lowest BCUT2D eigenvalue weighted by molar-refractivity contribution is -0.596. The number of benzene rings is 2. The highest BCUT2D eigenvalue weighted by Gasteiger charge is 2.17. The molecule has 2 aromatic heterocycles. The van der Waals surface area contributed by atoms with Gasteiger partial charge in [-0.1, -0.05) is 18.2 Å². The van der Waals surface area contributed by atoms with Gasteiger partial charge in [0.25, 0.3) is 0 Å². The van der Waals surface area contributed by atoms with Crippen LogP contribution < -0.4 is 9.13 Å². The lowest BCUT2D eigenvalue weighted by atomic mass is 10.1. The normalized spacial score (nSPS) is 10.5. The Labute approximate surface area is 172 Å². The van der Waals surface area contributed by atoms with Gasteiger partial charge in [-0.15, -0.1) is 0 Å². The van der Waals surface area contributed by atoms with Crippen molar-refractivity contribution in [2.24, 2.45) is 0 Å². The van der Waals surface area contributed by atoms with E-state index in [2.05, 4.69) is 0 Å². The molecule has 0 fully saturated rings. The minimum atomic E-state index is -1.17. The zero-order chi connectivity index (χ0) is 21.1.